The lowest BCUT2D eigenvalue weighted by molar-refractivity contribution is -0.815. The molecule has 0 bridgehead atoms. The Kier molecular flexibility index (Phi) is 4.01. The largest absolute Gasteiger partial charge is 0.342 e. The van der Waals surface area contributed by atoms with Crippen molar-refractivity contribution in [3.05, 3.63) is 0 Å². The molecule has 8 heavy (non-hydrogen) atoms. The molecule has 3 N–H and O–H groups in total. The van der Waals surface area contributed by atoms with Crippen LogP contribution >= 0.6 is 0 Å². The second-order valence-corrected chi connectivity index (χ2v) is 1.30. The molecule has 4 heteroatoms. The monoisotopic (exact) mass is 118 g/mol. The average Bonchev–Trinajstić information content (AvgIpc) is 1.83. The summed E-state index contributed by atoms with van der Waals surface area (Å²) >= 11 is 0. The summed E-state index contributed by atoms with van der Waals surface area (Å²) in [5.74, 6) is -0.405. The molecule has 1 amide bonds. The summed E-state index contributed by atoms with van der Waals surface area (Å²) in [4.78, 5) is 19.7. The number of amides is 1. The van der Waals surface area contributed by atoms with Crippen LogP contribution in [0, 0.1) is 0 Å². The van der Waals surface area contributed by atoms with Crippen molar-refractivity contribution >= 4 is 12.2 Å². The van der Waals surface area contributed by atoms with Crippen molar-refractivity contribution in [3.8, 4) is 0 Å². The molecule has 0 fully saturated rings. The van der Waals surface area contributed by atoms with E-state index in [4.69, 9.17) is 5.21 Å². The Bertz CT molecular complexity index is 91.3. The number of hydroxylamine groups is 1. The quantitative estimate of drug-likeness (QED) is 0.267. The van der Waals surface area contributed by atoms with Crippen LogP contribution in [-0.2, 0) is 9.59 Å². The zero-order chi connectivity index (χ0) is 6.41. The Morgan fingerprint density at radius 2 is 2.38 bits per heavy atom. The minimum absolute atomic E-state index is 0.111. The van der Waals surface area contributed by atoms with Gasteiger partial charge in [-0.2, -0.15) is 0 Å². The molecular weight excluding hydrogens is 110 g/mol. The van der Waals surface area contributed by atoms with Crippen molar-refractivity contribution in [3.63, 3.8) is 0 Å². The summed E-state index contributed by atoms with van der Waals surface area (Å²) in [6.45, 7) is 0. The number of primary amides is 1. The Labute approximate surface area is 46.5 Å². The maximum atomic E-state index is 10.1. The number of hydrogen-bond donors (Lipinski definition) is 2. The van der Waals surface area contributed by atoms with E-state index in [1.54, 1.807) is 0 Å². The topological polar surface area (TPSA) is 71.0 Å². The molecule has 0 aromatic heterocycles. The minimum atomic E-state index is -0.405. The molecule has 0 aliphatic heterocycles. The summed E-state index contributed by atoms with van der Waals surface area (Å²) in [6, 6.07) is 0. The van der Waals surface area contributed by atoms with Gasteiger partial charge in [-0.3, -0.25) is 0 Å². The van der Waals surface area contributed by atoms with Gasteiger partial charge in [-0.25, -0.2) is 10.0 Å². The van der Waals surface area contributed by atoms with Crippen molar-refractivity contribution in [2.24, 2.45) is 0 Å². The molecule has 0 heterocycles. The lowest BCUT2D eigenvalue weighted by Crippen LogP contribution is -2.84. The van der Waals surface area contributed by atoms with Crippen molar-refractivity contribution in [2.75, 3.05) is 0 Å². The van der Waals surface area contributed by atoms with Gasteiger partial charge >= 0.3 is 5.91 Å². The van der Waals surface area contributed by atoms with Crippen LogP contribution in [0.15, 0.2) is 0 Å². The van der Waals surface area contributed by atoms with Gasteiger partial charge in [0.25, 0.3) is 0 Å². The van der Waals surface area contributed by atoms with E-state index in [-0.39, 0.29) is 12.8 Å². The summed E-state index contributed by atoms with van der Waals surface area (Å²) < 4.78 is 0. The van der Waals surface area contributed by atoms with Crippen LogP contribution in [0.5, 0.6) is 0 Å². The molecule has 0 aliphatic carbocycles. The smallest absolute Gasteiger partial charge is 0.303 e. The lowest BCUT2D eigenvalue weighted by atomic mass is 10.3. The number of carbonyl (C=O) groups is 2. The van der Waals surface area contributed by atoms with Gasteiger partial charge in [0, 0.05) is 6.42 Å². The lowest BCUT2D eigenvalue weighted by Gasteiger charge is -1.83. The molecule has 0 aromatic carbocycles. The van der Waals surface area contributed by atoms with Crippen LogP contribution < -0.4 is 5.48 Å². The summed E-state index contributed by atoms with van der Waals surface area (Å²) in [5.41, 5.74) is 0.476. The predicted molar refractivity (Wildman–Crippen MR) is 24.0 cm³/mol. The predicted octanol–water partition coefficient (Wildman–Crippen LogP) is -1.56. The molecule has 0 aromatic rings. The molecule has 0 atom stereocenters. The van der Waals surface area contributed by atoms with Crippen molar-refractivity contribution in [2.45, 2.75) is 12.8 Å². The number of nitrogens with two attached hydrogens (primary N) is 1. The van der Waals surface area contributed by atoms with Gasteiger partial charge in [0.2, 0.25) is 0 Å². The average molecular weight is 118 g/mol. The Morgan fingerprint density at radius 1 is 1.75 bits per heavy atom. The van der Waals surface area contributed by atoms with E-state index in [1.807, 2.05) is 0 Å². The summed E-state index contributed by atoms with van der Waals surface area (Å²) in [5, 5.41) is 7.97. The fourth-order valence-corrected chi connectivity index (χ4v) is 0.266. The van der Waals surface area contributed by atoms with Gasteiger partial charge in [-0.1, -0.05) is 0 Å². The number of hydrogen-bond acceptors (Lipinski definition) is 3. The second kappa shape index (κ2) is 4.42. The third kappa shape index (κ3) is 3.45. The van der Waals surface area contributed by atoms with E-state index < -0.39 is 5.91 Å². The molecule has 0 saturated heterocycles. The van der Waals surface area contributed by atoms with E-state index in [0.717, 1.165) is 0 Å². The highest BCUT2D eigenvalue weighted by Crippen LogP contribution is 1.77. The first-order chi connectivity index (χ1) is 3.81. The number of carbonyl (C=O) groups excluding carboxylic acids is 2. The van der Waals surface area contributed by atoms with E-state index >= 15 is 0 Å². The molecule has 0 radical (unpaired) electrons. The maximum Gasteiger partial charge on any atom is 0.342 e. The SMILES string of the molecule is O=CCCC(=O)[NH2+]O. The molecule has 0 aliphatic rings. The minimum Gasteiger partial charge on any atom is -0.303 e. The van der Waals surface area contributed by atoms with E-state index in [2.05, 4.69) is 0 Å². The van der Waals surface area contributed by atoms with Crippen LogP contribution in [-0.4, -0.2) is 17.4 Å². The van der Waals surface area contributed by atoms with E-state index in [9.17, 15) is 9.59 Å². The standard InChI is InChI=1S/C4H7NO3/c6-3-1-2-4(7)5-8/h3,8H,1-2H2,(H,5,7)/p+1. The van der Waals surface area contributed by atoms with Crippen LogP contribution in [0.25, 0.3) is 0 Å². The molecule has 46 valence electrons. The Balaban J connectivity index is 3.11. The van der Waals surface area contributed by atoms with Gasteiger partial charge < -0.3 is 4.79 Å². The Morgan fingerprint density at radius 3 is 2.75 bits per heavy atom. The molecule has 0 rings (SSSR count). The van der Waals surface area contributed by atoms with Gasteiger partial charge in [0.05, 0.1) is 6.42 Å². The summed E-state index contributed by atoms with van der Waals surface area (Å²) in [6.07, 6.45) is 0.942. The number of quaternary nitrogens is 1. The van der Waals surface area contributed by atoms with Crippen LogP contribution in [0.3, 0.4) is 0 Å². The molecule has 0 spiro atoms. The molecule has 0 saturated carbocycles. The first-order valence-electron chi connectivity index (χ1n) is 2.25. The molecule has 4 nitrogen and oxygen atoms in total. The highest BCUT2D eigenvalue weighted by molar-refractivity contribution is 5.68. The first kappa shape index (κ1) is 7.26. The van der Waals surface area contributed by atoms with Crippen molar-refractivity contribution in [1.29, 1.82) is 0 Å². The fraction of sp³-hybridized carbons (Fsp3) is 0.500. The third-order valence-electron chi connectivity index (χ3n) is 0.653. The molecule has 0 unspecified atom stereocenters. The number of aldehydes is 1. The maximum absolute atomic E-state index is 10.1. The van der Waals surface area contributed by atoms with Crippen LogP contribution in [0.2, 0.25) is 0 Å². The zero-order valence-corrected chi connectivity index (χ0v) is 4.33. The third-order valence-corrected chi connectivity index (χ3v) is 0.653. The number of rotatable bonds is 3. The van der Waals surface area contributed by atoms with E-state index in [1.165, 1.54) is 0 Å². The fourth-order valence-electron chi connectivity index (χ4n) is 0.266. The highest BCUT2D eigenvalue weighted by Gasteiger charge is 2.00. The van der Waals surface area contributed by atoms with E-state index in [0.29, 0.717) is 11.8 Å². The zero-order valence-electron chi connectivity index (χ0n) is 4.33. The van der Waals surface area contributed by atoms with Crippen molar-refractivity contribution in [1.82, 2.24) is 0 Å². The van der Waals surface area contributed by atoms with Crippen LogP contribution in [0.4, 0.5) is 0 Å². The van der Waals surface area contributed by atoms with Crippen molar-refractivity contribution < 1.29 is 20.3 Å². The highest BCUT2D eigenvalue weighted by atomic mass is 16.5. The van der Waals surface area contributed by atoms with Gasteiger partial charge in [-0.05, 0) is 0 Å². The van der Waals surface area contributed by atoms with Gasteiger partial charge in [-0.15, -0.1) is 5.48 Å². The molecular formula is C4H8NO3+. The van der Waals surface area contributed by atoms with Gasteiger partial charge in [0.1, 0.15) is 6.29 Å². The summed E-state index contributed by atoms with van der Waals surface area (Å²) in [7, 11) is 0. The van der Waals surface area contributed by atoms with Gasteiger partial charge in [0.15, 0.2) is 0 Å². The second-order valence-electron chi connectivity index (χ2n) is 1.30. The van der Waals surface area contributed by atoms with Crippen LogP contribution in [0.1, 0.15) is 12.8 Å². The Hall–Kier alpha value is -0.740. The normalized spacial score (nSPS) is 8.62. The first-order valence-corrected chi connectivity index (χ1v) is 2.25.